The van der Waals surface area contributed by atoms with Crippen LogP contribution in [-0.4, -0.2) is 35.7 Å². The summed E-state index contributed by atoms with van der Waals surface area (Å²) in [5.41, 5.74) is 0. The summed E-state index contributed by atoms with van der Waals surface area (Å²) in [6.45, 7) is 0. The molecule has 0 aliphatic heterocycles. The summed E-state index contributed by atoms with van der Waals surface area (Å²) in [5, 5.41) is 18.9. The van der Waals surface area contributed by atoms with Crippen molar-refractivity contribution in [1.82, 2.24) is 0 Å². The molecule has 0 amide bonds. The molecular weight excluding hydrogens is 220 g/mol. The molecule has 2 atom stereocenters. The molecule has 82 valence electrons. The SMILES string of the molecule is COC(=O)C(O)C(O)c1ccc(C=O)s1. The summed E-state index contributed by atoms with van der Waals surface area (Å²) in [4.78, 5) is 22.0. The van der Waals surface area contributed by atoms with Crippen LogP contribution in [0.15, 0.2) is 12.1 Å². The number of aldehydes is 1. The fourth-order valence-corrected chi connectivity index (χ4v) is 1.84. The highest BCUT2D eigenvalue weighted by Gasteiger charge is 2.27. The molecule has 2 N–H and O–H groups in total. The van der Waals surface area contributed by atoms with Gasteiger partial charge in [0.25, 0.3) is 0 Å². The van der Waals surface area contributed by atoms with Crippen molar-refractivity contribution in [1.29, 1.82) is 0 Å². The highest BCUT2D eigenvalue weighted by molar-refractivity contribution is 7.13. The number of methoxy groups -OCH3 is 1. The van der Waals surface area contributed by atoms with Gasteiger partial charge in [-0.1, -0.05) is 0 Å². The van der Waals surface area contributed by atoms with Crippen LogP contribution in [-0.2, 0) is 9.53 Å². The molecule has 1 aromatic heterocycles. The molecule has 1 aromatic rings. The predicted octanol–water partition coefficient (Wildman–Crippen LogP) is 0.128. The van der Waals surface area contributed by atoms with E-state index in [-0.39, 0.29) is 0 Å². The average molecular weight is 230 g/mol. The fourth-order valence-electron chi connectivity index (χ4n) is 0.996. The zero-order valence-electron chi connectivity index (χ0n) is 7.91. The number of carbonyl (C=O) groups is 2. The Kier molecular flexibility index (Phi) is 3.96. The summed E-state index contributed by atoms with van der Waals surface area (Å²) in [7, 11) is 1.11. The van der Waals surface area contributed by atoms with Crippen molar-refractivity contribution >= 4 is 23.6 Å². The average Bonchev–Trinajstić information content (AvgIpc) is 2.74. The van der Waals surface area contributed by atoms with Crippen LogP contribution in [0.25, 0.3) is 0 Å². The summed E-state index contributed by atoms with van der Waals surface area (Å²) in [6, 6.07) is 2.98. The maximum atomic E-state index is 10.9. The molecule has 0 spiro atoms. The number of ether oxygens (including phenoxy) is 1. The molecule has 15 heavy (non-hydrogen) atoms. The van der Waals surface area contributed by atoms with Crippen molar-refractivity contribution in [3.05, 3.63) is 21.9 Å². The van der Waals surface area contributed by atoms with Crippen LogP contribution in [0.4, 0.5) is 0 Å². The zero-order chi connectivity index (χ0) is 11.4. The van der Waals surface area contributed by atoms with Gasteiger partial charge in [0.2, 0.25) is 0 Å². The van der Waals surface area contributed by atoms with Crippen LogP contribution in [0.1, 0.15) is 20.7 Å². The molecule has 5 nitrogen and oxygen atoms in total. The quantitative estimate of drug-likeness (QED) is 0.567. The van der Waals surface area contributed by atoms with Gasteiger partial charge in [0.1, 0.15) is 6.10 Å². The van der Waals surface area contributed by atoms with Gasteiger partial charge < -0.3 is 14.9 Å². The van der Waals surface area contributed by atoms with Crippen molar-refractivity contribution in [2.24, 2.45) is 0 Å². The maximum absolute atomic E-state index is 10.9. The minimum Gasteiger partial charge on any atom is -0.467 e. The van der Waals surface area contributed by atoms with Crippen molar-refractivity contribution in [3.8, 4) is 0 Å². The van der Waals surface area contributed by atoms with Gasteiger partial charge in [0.15, 0.2) is 12.4 Å². The van der Waals surface area contributed by atoms with E-state index in [4.69, 9.17) is 0 Å². The number of aliphatic hydroxyl groups excluding tert-OH is 2. The molecule has 1 rings (SSSR count). The minimum atomic E-state index is -1.63. The molecule has 0 radical (unpaired) electrons. The fraction of sp³-hybridized carbons (Fsp3) is 0.333. The van der Waals surface area contributed by atoms with E-state index in [2.05, 4.69) is 4.74 Å². The normalized spacial score (nSPS) is 14.3. The number of thiophene rings is 1. The molecule has 2 unspecified atom stereocenters. The van der Waals surface area contributed by atoms with Crippen LogP contribution in [0.2, 0.25) is 0 Å². The van der Waals surface area contributed by atoms with Crippen LogP contribution < -0.4 is 0 Å². The zero-order valence-corrected chi connectivity index (χ0v) is 8.73. The third-order valence-electron chi connectivity index (χ3n) is 1.80. The highest BCUT2D eigenvalue weighted by Crippen LogP contribution is 2.25. The Bertz CT molecular complexity index is 359. The topological polar surface area (TPSA) is 83.8 Å². The lowest BCUT2D eigenvalue weighted by molar-refractivity contribution is -0.156. The molecule has 0 aliphatic carbocycles. The second kappa shape index (κ2) is 5.01. The number of hydrogen-bond acceptors (Lipinski definition) is 6. The van der Waals surface area contributed by atoms with E-state index in [1.807, 2.05) is 0 Å². The smallest absolute Gasteiger partial charge is 0.337 e. The van der Waals surface area contributed by atoms with Gasteiger partial charge in [-0.05, 0) is 12.1 Å². The van der Waals surface area contributed by atoms with Gasteiger partial charge >= 0.3 is 5.97 Å². The lowest BCUT2D eigenvalue weighted by Crippen LogP contribution is -2.28. The van der Waals surface area contributed by atoms with Crippen LogP contribution >= 0.6 is 11.3 Å². The van der Waals surface area contributed by atoms with Gasteiger partial charge in [0.05, 0.1) is 12.0 Å². The molecule has 0 bridgehead atoms. The van der Waals surface area contributed by atoms with E-state index >= 15 is 0 Å². The lowest BCUT2D eigenvalue weighted by Gasteiger charge is -2.13. The predicted molar refractivity (Wildman–Crippen MR) is 52.7 cm³/mol. The molecule has 0 aliphatic rings. The van der Waals surface area contributed by atoms with Gasteiger partial charge in [0, 0.05) is 4.88 Å². The van der Waals surface area contributed by atoms with Gasteiger partial charge in [-0.25, -0.2) is 4.79 Å². The molecule has 1 heterocycles. The van der Waals surface area contributed by atoms with E-state index in [0.29, 0.717) is 16.0 Å². The number of aliphatic hydroxyl groups is 2. The van der Waals surface area contributed by atoms with E-state index < -0.39 is 18.2 Å². The van der Waals surface area contributed by atoms with Gasteiger partial charge in [-0.2, -0.15) is 0 Å². The standard InChI is InChI=1S/C9H10O5S/c1-14-9(13)8(12)7(11)6-3-2-5(4-10)15-6/h2-4,7-8,11-12H,1H3. The molecule has 0 aromatic carbocycles. The van der Waals surface area contributed by atoms with Crippen molar-refractivity contribution in [2.75, 3.05) is 7.11 Å². The number of esters is 1. The first-order valence-electron chi connectivity index (χ1n) is 4.09. The van der Waals surface area contributed by atoms with E-state index in [1.54, 1.807) is 0 Å². The summed E-state index contributed by atoms with van der Waals surface area (Å²) in [5.74, 6) is -0.913. The summed E-state index contributed by atoms with van der Waals surface area (Å²) in [6.07, 6.45) is -2.37. The number of carbonyl (C=O) groups excluding carboxylic acids is 2. The van der Waals surface area contributed by atoms with E-state index in [0.717, 1.165) is 18.4 Å². The van der Waals surface area contributed by atoms with Crippen LogP contribution in [0.5, 0.6) is 0 Å². The van der Waals surface area contributed by atoms with Gasteiger partial charge in [-0.15, -0.1) is 11.3 Å². The molecule has 0 saturated heterocycles. The number of hydrogen-bond donors (Lipinski definition) is 2. The molecule has 6 heteroatoms. The summed E-state index contributed by atoms with van der Waals surface area (Å²) >= 11 is 1.01. The van der Waals surface area contributed by atoms with Gasteiger partial charge in [-0.3, -0.25) is 4.79 Å². The third-order valence-corrected chi connectivity index (χ3v) is 2.88. The second-order valence-corrected chi connectivity index (χ2v) is 3.92. The molecule has 0 saturated carbocycles. The van der Waals surface area contributed by atoms with Crippen LogP contribution in [0.3, 0.4) is 0 Å². The molecule has 0 fully saturated rings. The second-order valence-electron chi connectivity index (χ2n) is 2.77. The highest BCUT2D eigenvalue weighted by atomic mass is 32.1. The third kappa shape index (κ3) is 2.62. The first-order valence-corrected chi connectivity index (χ1v) is 4.90. The minimum absolute atomic E-state index is 0.343. The first kappa shape index (κ1) is 11.8. The van der Waals surface area contributed by atoms with Crippen molar-refractivity contribution < 1.29 is 24.5 Å². The lowest BCUT2D eigenvalue weighted by atomic mass is 10.2. The van der Waals surface area contributed by atoms with Crippen molar-refractivity contribution in [2.45, 2.75) is 12.2 Å². The first-order chi connectivity index (χ1) is 7.10. The van der Waals surface area contributed by atoms with Crippen molar-refractivity contribution in [3.63, 3.8) is 0 Å². The Morgan fingerprint density at radius 1 is 1.53 bits per heavy atom. The summed E-state index contributed by atoms with van der Waals surface area (Å²) < 4.78 is 4.27. The Hall–Kier alpha value is -1.24. The van der Waals surface area contributed by atoms with E-state index in [9.17, 15) is 19.8 Å². The maximum Gasteiger partial charge on any atom is 0.337 e. The Labute approximate surface area is 89.9 Å². The Morgan fingerprint density at radius 2 is 2.20 bits per heavy atom. The van der Waals surface area contributed by atoms with Crippen LogP contribution in [0, 0.1) is 0 Å². The van der Waals surface area contributed by atoms with E-state index in [1.165, 1.54) is 12.1 Å². The largest absolute Gasteiger partial charge is 0.467 e. The number of rotatable bonds is 4. The molecular formula is C9H10O5S. The Balaban J connectivity index is 2.79. The monoisotopic (exact) mass is 230 g/mol. The Morgan fingerprint density at radius 3 is 2.67 bits per heavy atom.